The lowest BCUT2D eigenvalue weighted by atomic mass is 10.1. The zero-order chi connectivity index (χ0) is 17.5. The van der Waals surface area contributed by atoms with Crippen LogP contribution in [0.15, 0.2) is 29.8 Å². The van der Waals surface area contributed by atoms with E-state index in [0.717, 1.165) is 0 Å². The Labute approximate surface area is 137 Å². The highest BCUT2D eigenvalue weighted by Gasteiger charge is 2.27. The van der Waals surface area contributed by atoms with Gasteiger partial charge in [0.25, 0.3) is 11.8 Å². The van der Waals surface area contributed by atoms with Crippen LogP contribution in [0.2, 0.25) is 0 Å². The van der Waals surface area contributed by atoms with Crippen LogP contribution >= 0.6 is 0 Å². The highest BCUT2D eigenvalue weighted by atomic mass is 16.5. The summed E-state index contributed by atoms with van der Waals surface area (Å²) >= 11 is 0. The van der Waals surface area contributed by atoms with E-state index in [1.807, 2.05) is 10.6 Å². The molecule has 1 aromatic carbocycles. The molecule has 2 N–H and O–H groups in total. The van der Waals surface area contributed by atoms with Crippen molar-refractivity contribution < 1.29 is 28.7 Å². The van der Waals surface area contributed by atoms with Gasteiger partial charge in [0.15, 0.2) is 0 Å². The summed E-state index contributed by atoms with van der Waals surface area (Å²) in [6.07, 6.45) is 2.03. The Morgan fingerprint density at radius 2 is 1.79 bits per heavy atom. The number of benzene rings is 1. The van der Waals surface area contributed by atoms with Gasteiger partial charge in [-0.05, 0) is 18.6 Å². The van der Waals surface area contributed by atoms with Crippen LogP contribution in [0, 0.1) is 0 Å². The molecule has 1 fully saturated rings. The Balaban J connectivity index is 2.09. The van der Waals surface area contributed by atoms with E-state index in [2.05, 4.69) is 4.74 Å². The Hall–Kier alpha value is -3.16. The van der Waals surface area contributed by atoms with E-state index >= 15 is 0 Å². The van der Waals surface area contributed by atoms with Crippen LogP contribution in [0.3, 0.4) is 0 Å². The quantitative estimate of drug-likeness (QED) is 0.344. The van der Waals surface area contributed by atoms with Crippen molar-refractivity contribution in [1.29, 1.82) is 0 Å². The van der Waals surface area contributed by atoms with E-state index in [0.29, 0.717) is 17.7 Å². The third-order valence-electron chi connectivity index (χ3n) is 3.17. The second-order valence-electron chi connectivity index (χ2n) is 4.86. The molecule has 1 aliphatic heterocycles. The zero-order valence-electron chi connectivity index (χ0n) is 13.0. The molecule has 0 unspecified atom stereocenters. The first-order valence-electron chi connectivity index (χ1n) is 7.18. The van der Waals surface area contributed by atoms with E-state index in [1.165, 1.54) is 13.2 Å². The standard InChI is InChI=1S/C16H16N2O6/c1-23-13(19)7-4-8-24-12-6-3-2-5-10(12)9-11-14(20)17-16(22)18-15(11)21/h2-3,5-6,9H,4,7-8H2,1H3,(H2,17,18,20,21,22). The number of ether oxygens (including phenoxy) is 2. The fourth-order valence-electron chi connectivity index (χ4n) is 1.99. The van der Waals surface area contributed by atoms with E-state index in [-0.39, 0.29) is 24.6 Å². The highest BCUT2D eigenvalue weighted by molar-refractivity contribution is 6.31. The molecule has 8 nitrogen and oxygen atoms in total. The number of barbiturate groups is 1. The van der Waals surface area contributed by atoms with Gasteiger partial charge < -0.3 is 9.47 Å². The van der Waals surface area contributed by atoms with Crippen LogP contribution in [0.25, 0.3) is 6.08 Å². The van der Waals surface area contributed by atoms with Gasteiger partial charge in [-0.15, -0.1) is 0 Å². The minimum atomic E-state index is -0.852. The van der Waals surface area contributed by atoms with Crippen molar-refractivity contribution >= 4 is 29.9 Å². The normalized spacial score (nSPS) is 13.9. The number of para-hydroxylation sites is 1. The maximum Gasteiger partial charge on any atom is 0.328 e. The summed E-state index contributed by atoms with van der Waals surface area (Å²) < 4.78 is 10.1. The molecule has 0 saturated carbocycles. The second kappa shape index (κ2) is 7.91. The number of imide groups is 2. The Bertz CT molecular complexity index is 688. The summed E-state index contributed by atoms with van der Waals surface area (Å²) in [6.45, 7) is 0.270. The molecule has 2 rings (SSSR count). The maximum atomic E-state index is 11.7. The number of hydrogen-bond donors (Lipinski definition) is 2. The zero-order valence-corrected chi connectivity index (χ0v) is 13.0. The van der Waals surface area contributed by atoms with Gasteiger partial charge >= 0.3 is 12.0 Å². The maximum absolute atomic E-state index is 11.7. The van der Waals surface area contributed by atoms with Gasteiger partial charge in [-0.1, -0.05) is 18.2 Å². The molecule has 1 saturated heterocycles. The molecule has 0 spiro atoms. The molecule has 0 bridgehead atoms. The van der Waals surface area contributed by atoms with Crippen molar-refractivity contribution in [2.75, 3.05) is 13.7 Å². The first-order chi connectivity index (χ1) is 11.5. The molecule has 1 aliphatic rings. The van der Waals surface area contributed by atoms with E-state index in [9.17, 15) is 19.2 Å². The number of amides is 4. The molecule has 8 heteroatoms. The van der Waals surface area contributed by atoms with E-state index in [4.69, 9.17) is 4.74 Å². The topological polar surface area (TPSA) is 111 Å². The molecule has 0 radical (unpaired) electrons. The summed E-state index contributed by atoms with van der Waals surface area (Å²) in [7, 11) is 1.32. The Morgan fingerprint density at radius 1 is 1.12 bits per heavy atom. The van der Waals surface area contributed by atoms with E-state index in [1.54, 1.807) is 24.3 Å². The summed E-state index contributed by atoms with van der Waals surface area (Å²) in [4.78, 5) is 45.6. The number of hydrogen-bond acceptors (Lipinski definition) is 6. The number of nitrogens with one attached hydrogen (secondary N) is 2. The van der Waals surface area contributed by atoms with Crippen LogP contribution in [0.5, 0.6) is 5.75 Å². The van der Waals surface area contributed by atoms with E-state index < -0.39 is 17.8 Å². The minimum Gasteiger partial charge on any atom is -0.493 e. The molecule has 0 aliphatic carbocycles. The molecule has 0 aromatic heterocycles. The molecule has 4 amide bonds. The van der Waals surface area contributed by atoms with Crippen LogP contribution in [0.4, 0.5) is 4.79 Å². The predicted molar refractivity (Wildman–Crippen MR) is 82.8 cm³/mol. The first kappa shape index (κ1) is 17.2. The van der Waals surface area contributed by atoms with Crippen molar-refractivity contribution in [3.05, 3.63) is 35.4 Å². The molecule has 24 heavy (non-hydrogen) atoms. The lowest BCUT2D eigenvalue weighted by Gasteiger charge is -2.15. The average molecular weight is 332 g/mol. The van der Waals surface area contributed by atoms with Crippen molar-refractivity contribution in [1.82, 2.24) is 10.6 Å². The summed E-state index contributed by atoms with van der Waals surface area (Å²) in [5, 5.41) is 4.00. The number of esters is 1. The fourth-order valence-corrected chi connectivity index (χ4v) is 1.99. The van der Waals surface area contributed by atoms with Gasteiger partial charge in [0, 0.05) is 12.0 Å². The molecular weight excluding hydrogens is 316 g/mol. The fraction of sp³-hybridized carbons (Fsp3) is 0.250. The van der Waals surface area contributed by atoms with Crippen LogP contribution in [0.1, 0.15) is 18.4 Å². The predicted octanol–water partition coefficient (Wildman–Crippen LogP) is 0.768. The number of carbonyl (C=O) groups is 4. The lowest BCUT2D eigenvalue weighted by Crippen LogP contribution is -2.51. The van der Waals surface area contributed by atoms with Crippen molar-refractivity contribution in [2.45, 2.75) is 12.8 Å². The number of rotatable bonds is 6. The van der Waals surface area contributed by atoms with Gasteiger partial charge in [-0.3, -0.25) is 25.0 Å². The summed E-state index contributed by atoms with van der Waals surface area (Å²) in [5.41, 5.74) is 0.311. The largest absolute Gasteiger partial charge is 0.493 e. The summed E-state index contributed by atoms with van der Waals surface area (Å²) in [6, 6.07) is 5.95. The number of urea groups is 1. The first-order valence-corrected chi connectivity index (χ1v) is 7.18. The van der Waals surface area contributed by atoms with Gasteiger partial charge in [0.1, 0.15) is 11.3 Å². The van der Waals surface area contributed by atoms with Crippen molar-refractivity contribution in [3.63, 3.8) is 0 Å². The lowest BCUT2D eigenvalue weighted by molar-refractivity contribution is -0.140. The van der Waals surface area contributed by atoms with Gasteiger partial charge in [0.05, 0.1) is 13.7 Å². The smallest absolute Gasteiger partial charge is 0.328 e. The van der Waals surface area contributed by atoms with Crippen LogP contribution in [-0.2, 0) is 19.1 Å². The van der Waals surface area contributed by atoms with Gasteiger partial charge in [-0.25, -0.2) is 4.79 Å². The third-order valence-corrected chi connectivity index (χ3v) is 3.17. The molecule has 1 aromatic rings. The van der Waals surface area contributed by atoms with Crippen LogP contribution < -0.4 is 15.4 Å². The van der Waals surface area contributed by atoms with Crippen molar-refractivity contribution in [3.8, 4) is 5.75 Å². The van der Waals surface area contributed by atoms with Gasteiger partial charge in [0.2, 0.25) is 0 Å². The molecule has 126 valence electrons. The molecule has 0 atom stereocenters. The molecule has 1 heterocycles. The average Bonchev–Trinajstić information content (AvgIpc) is 2.55. The monoisotopic (exact) mass is 332 g/mol. The second-order valence-corrected chi connectivity index (χ2v) is 4.86. The van der Waals surface area contributed by atoms with Gasteiger partial charge in [-0.2, -0.15) is 0 Å². The Kier molecular flexibility index (Phi) is 5.67. The summed E-state index contributed by atoms with van der Waals surface area (Å²) in [5.74, 6) is -1.42. The number of carbonyl (C=O) groups excluding carboxylic acids is 4. The minimum absolute atomic E-state index is 0.194. The SMILES string of the molecule is COC(=O)CCCOc1ccccc1C=C1C(=O)NC(=O)NC1=O. The Morgan fingerprint density at radius 3 is 2.46 bits per heavy atom. The third kappa shape index (κ3) is 4.42. The highest BCUT2D eigenvalue weighted by Crippen LogP contribution is 2.22. The van der Waals surface area contributed by atoms with Crippen molar-refractivity contribution in [2.24, 2.45) is 0 Å². The molecular formula is C16H16N2O6. The van der Waals surface area contributed by atoms with Crippen LogP contribution in [-0.4, -0.2) is 37.5 Å². The number of methoxy groups -OCH3 is 1.